The minimum atomic E-state index is -1.07. The fourth-order valence-corrected chi connectivity index (χ4v) is 1.74. The molecule has 0 bridgehead atoms. The Labute approximate surface area is 107 Å². The summed E-state index contributed by atoms with van der Waals surface area (Å²) in [6.07, 6.45) is 0.734. The van der Waals surface area contributed by atoms with Crippen LogP contribution >= 0.6 is 0 Å². The van der Waals surface area contributed by atoms with Gasteiger partial charge in [0.05, 0.1) is 6.61 Å². The zero-order chi connectivity index (χ0) is 13.4. The van der Waals surface area contributed by atoms with Gasteiger partial charge in [0.1, 0.15) is 0 Å². The van der Waals surface area contributed by atoms with E-state index in [-0.39, 0.29) is 6.61 Å². The van der Waals surface area contributed by atoms with Crippen molar-refractivity contribution in [2.24, 2.45) is 5.18 Å². The highest BCUT2D eigenvalue weighted by Crippen LogP contribution is 2.23. The monoisotopic (exact) mass is 250 g/mol. The van der Waals surface area contributed by atoms with Crippen LogP contribution in [0.3, 0.4) is 0 Å². The number of nitroso groups, excluding NO2 is 1. The number of hydrogen-bond acceptors (Lipinski definition) is 5. The van der Waals surface area contributed by atoms with E-state index in [1.807, 2.05) is 19.2 Å². The van der Waals surface area contributed by atoms with Gasteiger partial charge in [0.15, 0.2) is 0 Å². The second-order valence-electron chi connectivity index (χ2n) is 3.81. The van der Waals surface area contributed by atoms with Crippen LogP contribution in [0.4, 0.5) is 0 Å². The van der Waals surface area contributed by atoms with Crippen LogP contribution in [0.25, 0.3) is 0 Å². The van der Waals surface area contributed by atoms with E-state index in [4.69, 9.17) is 4.74 Å². The van der Waals surface area contributed by atoms with E-state index in [9.17, 15) is 9.70 Å². The molecule has 0 spiro atoms. The Balaban J connectivity index is 2.97. The molecule has 0 saturated carbocycles. The van der Waals surface area contributed by atoms with E-state index in [0.717, 1.165) is 18.5 Å². The molecule has 1 atom stereocenters. The lowest BCUT2D eigenvalue weighted by Crippen LogP contribution is -2.17. The predicted octanol–water partition coefficient (Wildman–Crippen LogP) is 1.82. The van der Waals surface area contributed by atoms with E-state index < -0.39 is 12.0 Å². The maximum absolute atomic E-state index is 11.7. The van der Waals surface area contributed by atoms with Crippen LogP contribution in [0.1, 0.15) is 24.1 Å². The second-order valence-corrected chi connectivity index (χ2v) is 3.81. The molecule has 0 heterocycles. The number of carbonyl (C=O) groups is 1. The summed E-state index contributed by atoms with van der Waals surface area (Å²) >= 11 is 0. The number of esters is 1. The summed E-state index contributed by atoms with van der Waals surface area (Å²) in [7, 11) is 1.85. The van der Waals surface area contributed by atoms with Gasteiger partial charge >= 0.3 is 5.97 Å². The van der Waals surface area contributed by atoms with Crippen LogP contribution < -0.4 is 5.32 Å². The molecule has 0 aliphatic carbocycles. The number of ether oxygens (including phenoxy) is 1. The van der Waals surface area contributed by atoms with Crippen LogP contribution in [-0.4, -0.2) is 26.2 Å². The van der Waals surface area contributed by atoms with Gasteiger partial charge in [-0.05, 0) is 43.2 Å². The molecule has 1 aromatic rings. The third-order valence-electron chi connectivity index (χ3n) is 2.61. The average Bonchev–Trinajstić information content (AvgIpc) is 2.39. The molecule has 0 aliphatic rings. The van der Waals surface area contributed by atoms with E-state index in [0.29, 0.717) is 5.56 Å². The number of nitrogens with one attached hydrogen (secondary N) is 1. The Morgan fingerprint density at radius 2 is 2.17 bits per heavy atom. The molecular formula is C13H18N2O3. The first kappa shape index (κ1) is 14.3. The van der Waals surface area contributed by atoms with Crippen molar-refractivity contribution in [3.05, 3.63) is 40.3 Å². The van der Waals surface area contributed by atoms with Crippen molar-refractivity contribution >= 4 is 5.97 Å². The van der Waals surface area contributed by atoms with Gasteiger partial charge in [-0.15, -0.1) is 4.91 Å². The lowest BCUT2D eigenvalue weighted by molar-refractivity contribution is -0.144. The molecule has 5 heteroatoms. The molecule has 1 rings (SSSR count). The molecule has 5 nitrogen and oxygen atoms in total. The summed E-state index contributed by atoms with van der Waals surface area (Å²) in [6, 6.07) is 6.23. The Hall–Kier alpha value is -1.75. The van der Waals surface area contributed by atoms with Crippen LogP contribution in [-0.2, 0) is 16.0 Å². The Morgan fingerprint density at radius 3 is 2.78 bits per heavy atom. The highest BCUT2D eigenvalue weighted by Gasteiger charge is 2.24. The lowest BCUT2D eigenvalue weighted by atomic mass is 9.98. The van der Waals surface area contributed by atoms with Crippen molar-refractivity contribution in [2.75, 3.05) is 20.2 Å². The third-order valence-corrected chi connectivity index (χ3v) is 2.61. The molecule has 18 heavy (non-hydrogen) atoms. The Kier molecular flexibility index (Phi) is 6.00. The summed E-state index contributed by atoms with van der Waals surface area (Å²) in [5.41, 5.74) is 1.56. The van der Waals surface area contributed by atoms with Crippen LogP contribution in [0.15, 0.2) is 29.4 Å². The number of benzene rings is 1. The fraction of sp³-hybridized carbons (Fsp3) is 0.462. The number of carbonyl (C=O) groups excluding carboxylic acids is 1. The summed E-state index contributed by atoms with van der Waals surface area (Å²) in [6.45, 7) is 2.71. The van der Waals surface area contributed by atoms with E-state index >= 15 is 0 Å². The Bertz CT molecular complexity index is 407. The molecule has 1 N–H and O–H groups in total. The first-order valence-corrected chi connectivity index (χ1v) is 5.96. The number of nitrogens with zero attached hydrogens (tertiary/aromatic N) is 1. The maximum Gasteiger partial charge on any atom is 0.339 e. The number of rotatable bonds is 7. The maximum atomic E-state index is 11.7. The van der Waals surface area contributed by atoms with Gasteiger partial charge in [-0.25, -0.2) is 4.79 Å². The highest BCUT2D eigenvalue weighted by atomic mass is 16.5. The number of hydrogen-bond donors (Lipinski definition) is 1. The van der Waals surface area contributed by atoms with Gasteiger partial charge in [-0.3, -0.25) is 0 Å². The predicted molar refractivity (Wildman–Crippen MR) is 69.2 cm³/mol. The van der Waals surface area contributed by atoms with Gasteiger partial charge in [0.25, 0.3) is 0 Å². The molecule has 0 aromatic heterocycles. The fourth-order valence-electron chi connectivity index (χ4n) is 1.74. The topological polar surface area (TPSA) is 67.8 Å². The standard InChI is InChI=1S/C13H18N2O3/c1-3-18-13(16)12(15-17)11-7-5-4-6-10(11)8-9-14-2/h4-7,12,14H,3,8-9H2,1-2H3. The molecule has 0 amide bonds. The lowest BCUT2D eigenvalue weighted by Gasteiger charge is -2.13. The quantitative estimate of drug-likeness (QED) is 0.592. The smallest absolute Gasteiger partial charge is 0.339 e. The zero-order valence-corrected chi connectivity index (χ0v) is 10.7. The summed E-state index contributed by atoms with van der Waals surface area (Å²) in [5, 5.41) is 5.93. The van der Waals surface area contributed by atoms with Crippen molar-refractivity contribution in [3.63, 3.8) is 0 Å². The first-order chi connectivity index (χ1) is 8.74. The zero-order valence-electron chi connectivity index (χ0n) is 10.7. The van der Waals surface area contributed by atoms with Crippen molar-refractivity contribution in [2.45, 2.75) is 19.4 Å². The van der Waals surface area contributed by atoms with Crippen LogP contribution in [0.5, 0.6) is 0 Å². The summed E-state index contributed by atoms with van der Waals surface area (Å²) < 4.78 is 4.86. The van der Waals surface area contributed by atoms with Crippen molar-refractivity contribution in [1.82, 2.24) is 5.32 Å². The van der Waals surface area contributed by atoms with Crippen molar-refractivity contribution in [1.29, 1.82) is 0 Å². The molecular weight excluding hydrogens is 232 g/mol. The van der Waals surface area contributed by atoms with Crippen LogP contribution in [0.2, 0.25) is 0 Å². The van der Waals surface area contributed by atoms with Gasteiger partial charge in [0, 0.05) is 0 Å². The van der Waals surface area contributed by atoms with E-state index in [1.165, 1.54) is 0 Å². The molecule has 1 aromatic carbocycles. The van der Waals surface area contributed by atoms with E-state index in [1.54, 1.807) is 19.1 Å². The van der Waals surface area contributed by atoms with Crippen LogP contribution in [0, 0.1) is 4.91 Å². The molecule has 98 valence electrons. The number of likely N-dealkylation sites (N-methyl/N-ethyl adjacent to an activating group) is 1. The highest BCUT2D eigenvalue weighted by molar-refractivity contribution is 5.78. The van der Waals surface area contributed by atoms with Gasteiger partial charge < -0.3 is 10.1 Å². The SMILES string of the molecule is CCOC(=O)C(N=O)c1ccccc1CCNC. The molecule has 0 radical (unpaired) electrons. The second kappa shape index (κ2) is 7.55. The minimum Gasteiger partial charge on any atom is -0.464 e. The Morgan fingerprint density at radius 1 is 1.44 bits per heavy atom. The molecule has 0 fully saturated rings. The van der Waals surface area contributed by atoms with E-state index in [2.05, 4.69) is 10.5 Å². The third kappa shape index (κ3) is 3.63. The summed E-state index contributed by atoms with van der Waals surface area (Å²) in [4.78, 5) is 22.6. The molecule has 1 unspecified atom stereocenters. The molecule has 0 saturated heterocycles. The first-order valence-electron chi connectivity index (χ1n) is 5.96. The van der Waals surface area contributed by atoms with Gasteiger partial charge in [0.2, 0.25) is 6.04 Å². The van der Waals surface area contributed by atoms with Gasteiger partial charge in [-0.2, -0.15) is 0 Å². The van der Waals surface area contributed by atoms with Crippen molar-refractivity contribution in [3.8, 4) is 0 Å². The average molecular weight is 250 g/mol. The summed E-state index contributed by atoms with van der Waals surface area (Å²) in [5.74, 6) is -0.593. The van der Waals surface area contributed by atoms with Gasteiger partial charge in [-0.1, -0.05) is 24.3 Å². The normalized spacial score (nSPS) is 11.9. The molecule has 0 aliphatic heterocycles. The van der Waals surface area contributed by atoms with Crippen molar-refractivity contribution < 1.29 is 9.53 Å². The minimum absolute atomic E-state index is 0.240. The largest absolute Gasteiger partial charge is 0.464 e.